The van der Waals surface area contributed by atoms with Gasteiger partial charge in [-0.2, -0.15) is 13.2 Å². The molecule has 0 radical (unpaired) electrons. The van der Waals surface area contributed by atoms with Crippen molar-refractivity contribution in [3.63, 3.8) is 0 Å². The number of rotatable bonds is 4. The number of benzene rings is 2. The summed E-state index contributed by atoms with van der Waals surface area (Å²) in [5.74, 6) is -0.734. The van der Waals surface area contributed by atoms with E-state index in [0.29, 0.717) is 27.0 Å². The number of piperidine rings is 1. The van der Waals surface area contributed by atoms with Crippen molar-refractivity contribution in [2.24, 2.45) is 0 Å². The number of nitrogens with zero attached hydrogens (tertiary/aromatic N) is 1. The van der Waals surface area contributed by atoms with Crippen LogP contribution in [0.25, 0.3) is 0 Å². The number of carbonyl (C=O) groups excluding carboxylic acids is 1. The van der Waals surface area contributed by atoms with Crippen LogP contribution in [0.2, 0.25) is 5.02 Å². The van der Waals surface area contributed by atoms with Crippen LogP contribution in [0.5, 0.6) is 5.75 Å². The summed E-state index contributed by atoms with van der Waals surface area (Å²) in [6, 6.07) is 8.24. The quantitative estimate of drug-likeness (QED) is 0.509. The highest BCUT2D eigenvalue weighted by molar-refractivity contribution is 14.1. The lowest BCUT2D eigenvalue weighted by atomic mass is 10.1. The van der Waals surface area contributed by atoms with E-state index in [1.807, 2.05) is 29.6 Å². The van der Waals surface area contributed by atoms with Gasteiger partial charge in [-0.25, -0.2) is 0 Å². The normalized spacial score (nSPS) is 15.9. The predicted octanol–water partition coefficient (Wildman–Crippen LogP) is 5.69. The maximum atomic E-state index is 13.6. The Labute approximate surface area is 185 Å². The second kappa shape index (κ2) is 9.09. The second-order valence-corrected chi connectivity index (χ2v) is 8.48. The standard InChI is InChI=1S/C20H19ClF3IN2O2/c1-27-8-6-14(7-9-27)29-18-5-3-13(11-15(18)20(22,23)24)26-19(28)12-2-4-16(21)17(25)10-12/h2-5,10-11,14H,6-9H2,1H3,(H,26,28). The van der Waals surface area contributed by atoms with Crippen LogP contribution >= 0.6 is 34.2 Å². The zero-order valence-corrected chi connectivity index (χ0v) is 18.4. The molecule has 29 heavy (non-hydrogen) atoms. The lowest BCUT2D eigenvalue weighted by Gasteiger charge is -2.30. The van der Waals surface area contributed by atoms with E-state index in [-0.39, 0.29) is 17.5 Å². The Balaban J connectivity index is 1.79. The smallest absolute Gasteiger partial charge is 0.420 e. The van der Waals surface area contributed by atoms with Crippen LogP contribution in [0.3, 0.4) is 0 Å². The molecule has 156 valence electrons. The summed E-state index contributed by atoms with van der Waals surface area (Å²) in [4.78, 5) is 14.5. The van der Waals surface area contributed by atoms with E-state index >= 15 is 0 Å². The Morgan fingerprint density at radius 3 is 2.52 bits per heavy atom. The average molecular weight is 539 g/mol. The predicted molar refractivity (Wildman–Crippen MR) is 115 cm³/mol. The fraction of sp³-hybridized carbons (Fsp3) is 0.350. The first-order valence-electron chi connectivity index (χ1n) is 8.96. The third-order valence-corrected chi connectivity index (χ3v) is 6.22. The number of hydrogen-bond donors (Lipinski definition) is 1. The molecule has 1 fully saturated rings. The summed E-state index contributed by atoms with van der Waals surface area (Å²) in [6.45, 7) is 1.56. The Hall–Kier alpha value is -1.52. The molecule has 2 aromatic rings. The topological polar surface area (TPSA) is 41.6 Å². The summed E-state index contributed by atoms with van der Waals surface area (Å²) >= 11 is 7.92. The van der Waals surface area contributed by atoms with Gasteiger partial charge in [0.2, 0.25) is 0 Å². The van der Waals surface area contributed by atoms with Crippen LogP contribution in [-0.2, 0) is 6.18 Å². The SMILES string of the molecule is CN1CCC(Oc2ccc(NC(=O)c3ccc(Cl)c(I)c3)cc2C(F)(F)F)CC1. The van der Waals surface area contributed by atoms with E-state index in [4.69, 9.17) is 16.3 Å². The first-order valence-corrected chi connectivity index (χ1v) is 10.4. The van der Waals surface area contributed by atoms with Gasteiger partial charge in [0, 0.05) is 27.9 Å². The molecule has 2 aromatic carbocycles. The van der Waals surface area contributed by atoms with Crippen molar-refractivity contribution in [2.75, 3.05) is 25.5 Å². The first kappa shape index (κ1) is 22.2. The highest BCUT2D eigenvalue weighted by Gasteiger charge is 2.35. The minimum atomic E-state index is -4.60. The summed E-state index contributed by atoms with van der Waals surface area (Å²) in [6.07, 6.45) is -3.52. The molecule has 0 bridgehead atoms. The first-order chi connectivity index (χ1) is 13.6. The van der Waals surface area contributed by atoms with E-state index in [1.54, 1.807) is 12.1 Å². The molecule has 0 saturated carbocycles. The molecule has 1 aliphatic heterocycles. The highest BCUT2D eigenvalue weighted by Crippen LogP contribution is 2.39. The third kappa shape index (κ3) is 5.76. The van der Waals surface area contributed by atoms with Gasteiger partial charge in [0.25, 0.3) is 5.91 Å². The number of halogens is 5. The third-order valence-electron chi connectivity index (χ3n) is 4.68. The van der Waals surface area contributed by atoms with Crippen molar-refractivity contribution in [1.29, 1.82) is 0 Å². The van der Waals surface area contributed by atoms with Crippen molar-refractivity contribution in [3.05, 3.63) is 56.1 Å². The molecule has 1 heterocycles. The zero-order valence-electron chi connectivity index (χ0n) is 15.5. The number of ether oxygens (including phenoxy) is 1. The lowest BCUT2D eigenvalue weighted by molar-refractivity contribution is -0.139. The van der Waals surface area contributed by atoms with Crippen molar-refractivity contribution in [2.45, 2.75) is 25.1 Å². The van der Waals surface area contributed by atoms with Gasteiger partial charge in [0.1, 0.15) is 11.9 Å². The van der Waals surface area contributed by atoms with E-state index in [9.17, 15) is 18.0 Å². The summed E-state index contributed by atoms with van der Waals surface area (Å²) in [7, 11) is 1.97. The van der Waals surface area contributed by atoms with Gasteiger partial charge in [-0.3, -0.25) is 4.79 Å². The second-order valence-electron chi connectivity index (χ2n) is 6.91. The van der Waals surface area contributed by atoms with Gasteiger partial charge < -0.3 is 15.0 Å². The molecule has 1 N–H and O–H groups in total. The number of amides is 1. The van der Waals surface area contributed by atoms with E-state index in [2.05, 4.69) is 10.2 Å². The molecule has 9 heteroatoms. The Kier molecular flexibility index (Phi) is 6.95. The Morgan fingerprint density at radius 1 is 1.21 bits per heavy atom. The van der Waals surface area contributed by atoms with Crippen molar-refractivity contribution >= 4 is 45.8 Å². The molecule has 0 spiro atoms. The molecular weight excluding hydrogens is 520 g/mol. The van der Waals surface area contributed by atoms with Gasteiger partial charge in [0.05, 0.1) is 10.6 Å². The number of hydrogen-bond acceptors (Lipinski definition) is 3. The molecule has 1 aliphatic rings. The molecule has 0 aromatic heterocycles. The molecule has 0 aliphatic carbocycles. The van der Waals surface area contributed by atoms with Gasteiger partial charge >= 0.3 is 6.18 Å². The Morgan fingerprint density at radius 2 is 1.90 bits per heavy atom. The van der Waals surface area contributed by atoms with Crippen molar-refractivity contribution < 1.29 is 22.7 Å². The maximum Gasteiger partial charge on any atom is 0.420 e. The van der Waals surface area contributed by atoms with Gasteiger partial charge in [0.15, 0.2) is 0 Å². The van der Waals surface area contributed by atoms with Gasteiger partial charge in [-0.1, -0.05) is 11.6 Å². The number of anilines is 1. The maximum absolute atomic E-state index is 13.6. The number of carbonyl (C=O) groups is 1. The molecule has 1 saturated heterocycles. The zero-order chi connectivity index (χ0) is 21.2. The molecule has 3 rings (SSSR count). The summed E-state index contributed by atoms with van der Waals surface area (Å²) in [5, 5.41) is 3.00. The van der Waals surface area contributed by atoms with Gasteiger partial charge in [-0.05, 0) is 78.9 Å². The highest BCUT2D eigenvalue weighted by atomic mass is 127. The largest absolute Gasteiger partial charge is 0.490 e. The fourth-order valence-corrected chi connectivity index (χ4v) is 3.69. The van der Waals surface area contributed by atoms with Crippen LogP contribution in [0.15, 0.2) is 36.4 Å². The molecular formula is C20H19ClF3IN2O2. The summed E-state index contributed by atoms with van der Waals surface area (Å²) < 4.78 is 47.1. The minimum Gasteiger partial charge on any atom is -0.490 e. The molecule has 0 atom stereocenters. The van der Waals surface area contributed by atoms with Crippen LogP contribution in [-0.4, -0.2) is 37.0 Å². The molecule has 1 amide bonds. The Bertz CT molecular complexity index is 900. The fourth-order valence-electron chi connectivity index (χ4n) is 3.05. The number of alkyl halides is 3. The monoisotopic (exact) mass is 538 g/mol. The number of likely N-dealkylation sites (tertiary alicyclic amines) is 1. The molecule has 4 nitrogen and oxygen atoms in total. The minimum absolute atomic E-state index is 0.0445. The van der Waals surface area contributed by atoms with E-state index in [0.717, 1.165) is 19.2 Å². The summed E-state index contributed by atoms with van der Waals surface area (Å²) in [5.41, 5.74) is -0.554. The van der Waals surface area contributed by atoms with E-state index < -0.39 is 17.6 Å². The van der Waals surface area contributed by atoms with Crippen LogP contribution < -0.4 is 10.1 Å². The van der Waals surface area contributed by atoms with E-state index in [1.165, 1.54) is 18.2 Å². The number of nitrogens with one attached hydrogen (secondary N) is 1. The van der Waals surface area contributed by atoms with Gasteiger partial charge in [-0.15, -0.1) is 0 Å². The molecule has 0 unspecified atom stereocenters. The lowest BCUT2D eigenvalue weighted by Crippen LogP contribution is -2.36. The van der Waals surface area contributed by atoms with Crippen molar-refractivity contribution in [1.82, 2.24) is 4.90 Å². The van der Waals surface area contributed by atoms with Crippen LogP contribution in [0.4, 0.5) is 18.9 Å². The average Bonchev–Trinajstić information content (AvgIpc) is 2.66. The van der Waals surface area contributed by atoms with Crippen molar-refractivity contribution in [3.8, 4) is 5.75 Å². The van der Waals surface area contributed by atoms with Crippen LogP contribution in [0, 0.1) is 3.57 Å². The van der Waals surface area contributed by atoms with Crippen LogP contribution in [0.1, 0.15) is 28.8 Å².